The quantitative estimate of drug-likeness (QED) is 0.502. The maximum atomic E-state index is 13.0. The molecule has 0 aliphatic carbocycles. The first-order chi connectivity index (χ1) is 11.0. The third kappa shape index (κ3) is 2.93. The van der Waals surface area contributed by atoms with E-state index >= 15 is 0 Å². The summed E-state index contributed by atoms with van der Waals surface area (Å²) >= 11 is 0. The van der Waals surface area contributed by atoms with Gasteiger partial charge < -0.3 is 14.2 Å². The summed E-state index contributed by atoms with van der Waals surface area (Å²) in [4.78, 5) is 30.8. The van der Waals surface area contributed by atoms with Crippen molar-refractivity contribution in [2.24, 2.45) is 0 Å². The molecule has 0 atom stereocenters. The van der Waals surface area contributed by atoms with Crippen molar-refractivity contribution in [1.82, 2.24) is 9.88 Å². The van der Waals surface area contributed by atoms with E-state index < -0.39 is 5.97 Å². The minimum Gasteiger partial charge on any atom is -0.462 e. The highest BCUT2D eigenvalue weighted by atomic mass is 16.5. The summed E-state index contributed by atoms with van der Waals surface area (Å²) in [6, 6.07) is 0. The Bertz CT molecular complexity index is 613. The van der Waals surface area contributed by atoms with Gasteiger partial charge in [0.1, 0.15) is 6.54 Å². The van der Waals surface area contributed by atoms with Gasteiger partial charge in [0.15, 0.2) is 0 Å². The minimum atomic E-state index is -0.402. The molecule has 23 heavy (non-hydrogen) atoms. The van der Waals surface area contributed by atoms with Crippen LogP contribution < -0.4 is 0 Å². The number of aromatic amines is 1. The Morgan fingerprint density at radius 3 is 2.22 bits per heavy atom. The van der Waals surface area contributed by atoms with Gasteiger partial charge in [-0.25, -0.2) is 4.79 Å². The number of carbonyl (C=O) groups excluding carboxylic acids is 2. The van der Waals surface area contributed by atoms with E-state index in [2.05, 4.69) is 9.88 Å². The number of nitrogens with one attached hydrogen (secondary N) is 1. The number of piperazine rings is 3. The first-order valence-corrected chi connectivity index (χ1v) is 8.43. The summed E-state index contributed by atoms with van der Waals surface area (Å²) in [5, 5.41) is 0. The lowest BCUT2D eigenvalue weighted by molar-refractivity contribution is -0.933. The van der Waals surface area contributed by atoms with Crippen molar-refractivity contribution >= 4 is 11.8 Å². The smallest absolute Gasteiger partial charge is 0.340 e. The highest BCUT2D eigenvalue weighted by molar-refractivity contribution is 6.08. The highest BCUT2D eigenvalue weighted by Gasteiger charge is 2.41. The number of hydrogen-bond acceptors (Lipinski definition) is 4. The van der Waals surface area contributed by atoms with Crippen LogP contribution in [0.3, 0.4) is 0 Å². The third-order valence-electron chi connectivity index (χ3n) is 5.28. The monoisotopic (exact) mass is 320 g/mol. The molecule has 6 nitrogen and oxygen atoms in total. The van der Waals surface area contributed by atoms with Crippen LogP contribution in [0.25, 0.3) is 0 Å². The fraction of sp³-hybridized carbons (Fsp3) is 0.647. The van der Waals surface area contributed by atoms with Gasteiger partial charge in [-0.15, -0.1) is 0 Å². The Hall–Kier alpha value is -1.66. The average molecular weight is 320 g/mol. The highest BCUT2D eigenvalue weighted by Crippen LogP contribution is 2.24. The summed E-state index contributed by atoms with van der Waals surface area (Å²) in [5.41, 5.74) is 2.43. The zero-order valence-electron chi connectivity index (χ0n) is 14.3. The van der Waals surface area contributed by atoms with Gasteiger partial charge in [0.2, 0.25) is 5.78 Å². The van der Waals surface area contributed by atoms with Crippen LogP contribution in [0.1, 0.15) is 39.0 Å². The largest absolute Gasteiger partial charge is 0.462 e. The number of quaternary nitrogens is 1. The van der Waals surface area contributed by atoms with Crippen LogP contribution in [-0.4, -0.2) is 78.5 Å². The Balaban J connectivity index is 1.86. The molecule has 1 aromatic heterocycles. The van der Waals surface area contributed by atoms with Gasteiger partial charge in [-0.05, 0) is 20.8 Å². The maximum absolute atomic E-state index is 13.0. The van der Waals surface area contributed by atoms with Gasteiger partial charge in [0.05, 0.1) is 37.4 Å². The fourth-order valence-corrected chi connectivity index (χ4v) is 3.94. The summed E-state index contributed by atoms with van der Waals surface area (Å²) in [5.74, 6) is -0.341. The number of carbonyl (C=O) groups is 2. The van der Waals surface area contributed by atoms with Crippen molar-refractivity contribution in [2.45, 2.75) is 20.8 Å². The van der Waals surface area contributed by atoms with E-state index in [1.165, 1.54) is 0 Å². The Kier molecular flexibility index (Phi) is 4.29. The van der Waals surface area contributed by atoms with Gasteiger partial charge in [-0.1, -0.05) is 0 Å². The number of ether oxygens (including phenoxy) is 1. The van der Waals surface area contributed by atoms with Crippen LogP contribution in [0.15, 0.2) is 0 Å². The standard InChI is InChI=1S/C17H25N3O3/c1-4-23-17(22)16-13(3)18-12(2)15(16)14(21)11-20-8-5-19(6-9-20)7-10-20/h4-11H2,1-3H3/p+1. The Morgan fingerprint density at radius 1 is 1.09 bits per heavy atom. The number of Topliss-reactive ketones (excluding diaryl/α,β-unsaturated/α-hetero) is 1. The zero-order valence-corrected chi connectivity index (χ0v) is 14.3. The number of nitrogens with zero attached hydrogens (tertiary/aromatic N) is 2. The first-order valence-electron chi connectivity index (χ1n) is 8.43. The number of aryl methyl sites for hydroxylation is 2. The lowest BCUT2D eigenvalue weighted by Gasteiger charge is -2.50. The second kappa shape index (κ2) is 6.09. The van der Waals surface area contributed by atoms with Crippen LogP contribution in [0.4, 0.5) is 0 Å². The van der Waals surface area contributed by atoms with Crippen molar-refractivity contribution in [3.05, 3.63) is 22.5 Å². The zero-order chi connectivity index (χ0) is 16.6. The normalized spacial score (nSPS) is 26.3. The number of ketones is 1. The fourth-order valence-electron chi connectivity index (χ4n) is 3.94. The van der Waals surface area contributed by atoms with Gasteiger partial charge in [0.25, 0.3) is 0 Å². The van der Waals surface area contributed by atoms with Gasteiger partial charge >= 0.3 is 5.97 Å². The van der Waals surface area contributed by atoms with Crippen LogP contribution in [-0.2, 0) is 4.74 Å². The maximum Gasteiger partial charge on any atom is 0.340 e. The number of fused-ring (bicyclic) bond motifs is 3. The van der Waals surface area contributed by atoms with Gasteiger partial charge in [-0.2, -0.15) is 0 Å². The lowest BCUT2D eigenvalue weighted by atomic mass is 10.0. The second-order valence-corrected chi connectivity index (χ2v) is 6.78. The molecule has 3 saturated heterocycles. The summed E-state index contributed by atoms with van der Waals surface area (Å²) in [7, 11) is 0. The molecule has 4 rings (SSSR count). The topological polar surface area (TPSA) is 62.4 Å². The predicted molar refractivity (Wildman–Crippen MR) is 86.7 cm³/mol. The molecule has 0 unspecified atom stereocenters. The van der Waals surface area contributed by atoms with E-state index in [-0.39, 0.29) is 5.78 Å². The molecular formula is C17H26N3O3+. The van der Waals surface area contributed by atoms with Crippen LogP contribution in [0.5, 0.6) is 0 Å². The molecule has 3 aliphatic heterocycles. The number of aromatic nitrogens is 1. The molecule has 0 saturated carbocycles. The summed E-state index contributed by atoms with van der Waals surface area (Å²) in [6.45, 7) is 12.6. The molecule has 3 fully saturated rings. The van der Waals surface area contributed by atoms with Crippen LogP contribution in [0.2, 0.25) is 0 Å². The van der Waals surface area contributed by atoms with Crippen LogP contribution in [0, 0.1) is 13.8 Å². The minimum absolute atomic E-state index is 0.0604. The number of H-pyrrole nitrogens is 1. The molecule has 4 heterocycles. The SMILES string of the molecule is CCOC(=O)c1c(C)[nH]c(C)c1C(=O)C[N+]12CCN(CC1)CC2. The van der Waals surface area contributed by atoms with E-state index in [0.717, 1.165) is 49.4 Å². The number of hydrogen-bond donors (Lipinski definition) is 1. The average Bonchev–Trinajstić information content (AvgIpc) is 2.83. The molecule has 0 spiro atoms. The van der Waals surface area contributed by atoms with Crippen molar-refractivity contribution in [3.8, 4) is 0 Å². The third-order valence-corrected chi connectivity index (χ3v) is 5.28. The molecule has 126 valence electrons. The Labute approximate surface area is 137 Å². The van der Waals surface area contributed by atoms with Crippen molar-refractivity contribution in [2.75, 3.05) is 52.4 Å². The van der Waals surface area contributed by atoms with E-state index in [1.54, 1.807) is 6.92 Å². The Morgan fingerprint density at radius 2 is 1.65 bits per heavy atom. The molecule has 0 amide bonds. The van der Waals surface area contributed by atoms with Gasteiger partial charge in [0, 0.05) is 31.0 Å². The van der Waals surface area contributed by atoms with Crippen molar-refractivity contribution in [1.29, 1.82) is 0 Å². The molecule has 1 aromatic rings. The van der Waals surface area contributed by atoms with Crippen LogP contribution >= 0.6 is 0 Å². The molecule has 0 radical (unpaired) electrons. The molecule has 3 aliphatic rings. The van der Waals surface area contributed by atoms with Gasteiger partial charge in [-0.3, -0.25) is 9.69 Å². The number of rotatable bonds is 5. The second-order valence-electron chi connectivity index (χ2n) is 6.78. The molecule has 0 aromatic carbocycles. The van der Waals surface area contributed by atoms with Crippen molar-refractivity contribution < 1.29 is 18.8 Å². The van der Waals surface area contributed by atoms with Crippen molar-refractivity contribution in [3.63, 3.8) is 0 Å². The van der Waals surface area contributed by atoms with E-state index in [1.807, 2.05) is 13.8 Å². The number of esters is 1. The molecule has 2 bridgehead atoms. The van der Waals surface area contributed by atoms with E-state index in [9.17, 15) is 9.59 Å². The molecule has 6 heteroatoms. The molecule has 1 N–H and O–H groups in total. The summed E-state index contributed by atoms with van der Waals surface area (Å²) < 4.78 is 6.00. The van der Waals surface area contributed by atoms with E-state index in [4.69, 9.17) is 4.74 Å². The lowest BCUT2D eigenvalue weighted by Crippen LogP contribution is -2.68. The predicted octanol–water partition coefficient (Wildman–Crippen LogP) is 1.14. The summed E-state index contributed by atoms with van der Waals surface area (Å²) in [6.07, 6.45) is 0. The first kappa shape index (κ1) is 16.2. The molecular weight excluding hydrogens is 294 g/mol. The van der Waals surface area contributed by atoms with E-state index in [0.29, 0.717) is 30.0 Å².